The quantitative estimate of drug-likeness (QED) is 0.396. The third-order valence-electron chi connectivity index (χ3n) is 4.59. The highest BCUT2D eigenvalue weighted by Crippen LogP contribution is 2.22. The molecule has 0 nitrogen and oxygen atoms in total. The first kappa shape index (κ1) is 18.7. The van der Waals surface area contributed by atoms with E-state index in [0.29, 0.717) is 0 Å². The van der Waals surface area contributed by atoms with Gasteiger partial charge in [-0.25, -0.2) is 0 Å². The molecule has 0 aliphatic rings. The van der Waals surface area contributed by atoms with Crippen molar-refractivity contribution in [2.24, 2.45) is 0 Å². The Morgan fingerprint density at radius 2 is 1.26 bits per heavy atom. The van der Waals surface area contributed by atoms with E-state index in [2.05, 4.69) is 98.1 Å². The lowest BCUT2D eigenvalue weighted by Crippen LogP contribution is -1.90. The molecular formula is C27H26. The van der Waals surface area contributed by atoms with Crippen LogP contribution in [0, 0.1) is 0 Å². The van der Waals surface area contributed by atoms with E-state index in [-0.39, 0.29) is 0 Å². The predicted molar refractivity (Wildman–Crippen MR) is 118 cm³/mol. The average Bonchev–Trinajstić information content (AvgIpc) is 2.69. The van der Waals surface area contributed by atoms with Crippen LogP contribution < -0.4 is 0 Å². The first-order chi connectivity index (χ1) is 13.1. The van der Waals surface area contributed by atoms with Crippen LogP contribution in [0.2, 0.25) is 0 Å². The summed E-state index contributed by atoms with van der Waals surface area (Å²) in [5.74, 6) is 0. The molecule has 27 heavy (non-hydrogen) atoms. The molecule has 0 N–H and O–H groups in total. The molecule has 0 aromatic heterocycles. The third-order valence-corrected chi connectivity index (χ3v) is 4.59. The number of benzene rings is 3. The van der Waals surface area contributed by atoms with Gasteiger partial charge in [0.15, 0.2) is 0 Å². The minimum absolute atomic E-state index is 0.882. The highest BCUT2D eigenvalue weighted by atomic mass is 14.1. The van der Waals surface area contributed by atoms with Crippen LogP contribution in [0.15, 0.2) is 115 Å². The van der Waals surface area contributed by atoms with Crippen LogP contribution in [-0.4, -0.2) is 0 Å². The van der Waals surface area contributed by atoms with Gasteiger partial charge in [0.25, 0.3) is 0 Å². The third kappa shape index (κ3) is 5.43. The lowest BCUT2D eigenvalue weighted by molar-refractivity contribution is 1.19. The summed E-state index contributed by atoms with van der Waals surface area (Å²) < 4.78 is 0. The summed E-state index contributed by atoms with van der Waals surface area (Å²) in [6, 6.07) is 28.2. The van der Waals surface area contributed by atoms with Gasteiger partial charge in [0, 0.05) is 0 Å². The molecule has 0 heterocycles. The summed E-state index contributed by atoms with van der Waals surface area (Å²) in [6.07, 6.45) is 5.85. The minimum Gasteiger partial charge on any atom is -0.0988 e. The summed E-state index contributed by atoms with van der Waals surface area (Å²) in [6.45, 7) is 9.86. The first-order valence-electron chi connectivity index (χ1n) is 9.35. The Balaban J connectivity index is 1.70. The standard InChI is InChI=1S/C27H26/c1-4-22(18-21(2)3)19-24-10-14-26(15-11-24)27-16-12-25(13-17-27)20-23-8-6-5-7-9-23/h4-18H,1-2,19-20H2,3H3/b22-18+. The molecule has 134 valence electrons. The molecule has 3 rings (SSSR count). The van der Waals surface area contributed by atoms with Crippen molar-refractivity contribution >= 4 is 0 Å². The average molecular weight is 351 g/mol. The van der Waals surface area contributed by atoms with Crippen LogP contribution in [0.3, 0.4) is 0 Å². The molecule has 0 spiro atoms. The summed E-state index contributed by atoms with van der Waals surface area (Å²) >= 11 is 0. The fraction of sp³-hybridized carbons (Fsp3) is 0.111. The van der Waals surface area contributed by atoms with Gasteiger partial charge >= 0.3 is 0 Å². The van der Waals surface area contributed by atoms with E-state index in [1.165, 1.54) is 33.4 Å². The number of hydrogen-bond acceptors (Lipinski definition) is 0. The van der Waals surface area contributed by atoms with Crippen molar-refractivity contribution in [3.8, 4) is 11.1 Å². The van der Waals surface area contributed by atoms with Crippen molar-refractivity contribution in [3.63, 3.8) is 0 Å². The second-order valence-corrected chi connectivity index (χ2v) is 7.00. The van der Waals surface area contributed by atoms with Gasteiger partial charge in [0.05, 0.1) is 0 Å². The molecule has 3 aromatic carbocycles. The molecule has 0 unspecified atom stereocenters. The summed E-state index contributed by atoms with van der Waals surface area (Å²) in [4.78, 5) is 0. The van der Waals surface area contributed by atoms with E-state index < -0.39 is 0 Å². The van der Waals surface area contributed by atoms with Crippen LogP contribution in [0.4, 0.5) is 0 Å². The van der Waals surface area contributed by atoms with Crippen LogP contribution >= 0.6 is 0 Å². The second kappa shape index (κ2) is 9.00. The Hall–Kier alpha value is -3.12. The van der Waals surface area contributed by atoms with Gasteiger partial charge in [-0.15, -0.1) is 0 Å². The SMILES string of the molecule is C=C/C(=C\C(=C)C)Cc1ccc(-c2ccc(Cc3ccccc3)cc2)cc1. The van der Waals surface area contributed by atoms with E-state index in [0.717, 1.165) is 18.4 Å². The number of hydrogen-bond donors (Lipinski definition) is 0. The van der Waals surface area contributed by atoms with Crippen molar-refractivity contribution in [2.75, 3.05) is 0 Å². The zero-order valence-corrected chi connectivity index (χ0v) is 16.0. The lowest BCUT2D eigenvalue weighted by Gasteiger charge is -2.07. The van der Waals surface area contributed by atoms with Gasteiger partial charge in [-0.05, 0) is 53.2 Å². The molecule has 0 saturated carbocycles. The van der Waals surface area contributed by atoms with Crippen molar-refractivity contribution < 1.29 is 0 Å². The lowest BCUT2D eigenvalue weighted by atomic mass is 9.98. The van der Waals surface area contributed by atoms with Crippen molar-refractivity contribution in [3.05, 3.63) is 132 Å². The van der Waals surface area contributed by atoms with E-state index in [9.17, 15) is 0 Å². The maximum Gasteiger partial charge on any atom is -0.00258 e. The van der Waals surface area contributed by atoms with Gasteiger partial charge in [0.1, 0.15) is 0 Å². The second-order valence-electron chi connectivity index (χ2n) is 7.00. The van der Waals surface area contributed by atoms with Gasteiger partial charge in [-0.1, -0.05) is 110 Å². The monoisotopic (exact) mass is 350 g/mol. The van der Waals surface area contributed by atoms with Crippen LogP contribution in [0.1, 0.15) is 23.6 Å². The minimum atomic E-state index is 0.882. The molecule has 0 radical (unpaired) electrons. The largest absolute Gasteiger partial charge is 0.0988 e. The van der Waals surface area contributed by atoms with Crippen molar-refractivity contribution in [1.82, 2.24) is 0 Å². The Bertz CT molecular complexity index is 924. The van der Waals surface area contributed by atoms with Crippen LogP contribution in [0.5, 0.6) is 0 Å². The molecule has 0 heteroatoms. The zero-order valence-electron chi connectivity index (χ0n) is 16.0. The molecule has 0 aliphatic carbocycles. The highest BCUT2D eigenvalue weighted by molar-refractivity contribution is 5.64. The maximum absolute atomic E-state index is 3.95. The van der Waals surface area contributed by atoms with Crippen LogP contribution in [-0.2, 0) is 12.8 Å². The topological polar surface area (TPSA) is 0 Å². The number of allylic oxidation sites excluding steroid dienone is 4. The fourth-order valence-corrected chi connectivity index (χ4v) is 3.20. The summed E-state index contributed by atoms with van der Waals surface area (Å²) in [7, 11) is 0. The van der Waals surface area contributed by atoms with Crippen molar-refractivity contribution in [2.45, 2.75) is 19.8 Å². The van der Waals surface area contributed by atoms with Gasteiger partial charge in [-0.3, -0.25) is 0 Å². The first-order valence-corrected chi connectivity index (χ1v) is 9.35. The van der Waals surface area contributed by atoms with Gasteiger partial charge < -0.3 is 0 Å². The Kier molecular flexibility index (Phi) is 6.22. The normalized spacial score (nSPS) is 11.2. The van der Waals surface area contributed by atoms with Crippen LogP contribution in [0.25, 0.3) is 11.1 Å². The Labute approximate surface area is 163 Å². The van der Waals surface area contributed by atoms with Gasteiger partial charge in [-0.2, -0.15) is 0 Å². The smallest absolute Gasteiger partial charge is 0.00258 e. The molecule has 0 atom stereocenters. The molecule has 0 saturated heterocycles. The molecule has 0 aliphatic heterocycles. The summed E-state index contributed by atoms with van der Waals surface area (Å²) in [5, 5.41) is 0. The zero-order chi connectivity index (χ0) is 19.1. The Morgan fingerprint density at radius 3 is 1.78 bits per heavy atom. The van der Waals surface area contributed by atoms with E-state index in [4.69, 9.17) is 0 Å². The molecule has 0 fully saturated rings. The van der Waals surface area contributed by atoms with E-state index >= 15 is 0 Å². The number of rotatable bonds is 7. The summed E-state index contributed by atoms with van der Waals surface area (Å²) in [5.41, 5.74) is 8.70. The molecule has 0 bridgehead atoms. The van der Waals surface area contributed by atoms with Crippen molar-refractivity contribution in [1.29, 1.82) is 0 Å². The maximum atomic E-state index is 3.95. The fourth-order valence-electron chi connectivity index (χ4n) is 3.20. The molecule has 3 aromatic rings. The van der Waals surface area contributed by atoms with Gasteiger partial charge in [0.2, 0.25) is 0 Å². The van der Waals surface area contributed by atoms with E-state index in [1.807, 2.05) is 13.0 Å². The Morgan fingerprint density at radius 1 is 0.741 bits per heavy atom. The predicted octanol–water partition coefficient (Wildman–Crippen LogP) is 7.18. The molecular weight excluding hydrogens is 324 g/mol. The molecule has 0 amide bonds. The van der Waals surface area contributed by atoms with E-state index in [1.54, 1.807) is 0 Å². The highest BCUT2D eigenvalue weighted by Gasteiger charge is 2.02.